The minimum atomic E-state index is -0.414. The van der Waals surface area contributed by atoms with Gasteiger partial charge in [0.1, 0.15) is 49.7 Å². The van der Waals surface area contributed by atoms with Crippen molar-refractivity contribution in [2.45, 2.75) is 13.3 Å². The van der Waals surface area contributed by atoms with E-state index in [0.717, 1.165) is 36.1 Å². The number of hydrogen-bond acceptors (Lipinski definition) is 13. The topological polar surface area (TPSA) is 176 Å². The normalized spacial score (nSPS) is 11.9. The summed E-state index contributed by atoms with van der Waals surface area (Å²) in [4.78, 5) is 75.3. The number of fused-ring (bicyclic) bond motifs is 1. The van der Waals surface area contributed by atoms with Gasteiger partial charge in [-0.1, -0.05) is 6.92 Å². The number of nitrogens with zero attached hydrogens (tertiary/aromatic N) is 2. The van der Waals surface area contributed by atoms with Crippen molar-refractivity contribution in [2.24, 2.45) is 5.41 Å². The number of rotatable bonds is 19. The molecule has 1 aromatic carbocycles. The van der Waals surface area contributed by atoms with Gasteiger partial charge in [-0.05, 0) is 56.9 Å². The van der Waals surface area contributed by atoms with Gasteiger partial charge in [-0.2, -0.15) is 0 Å². The molecule has 0 fully saturated rings. The van der Waals surface area contributed by atoms with E-state index in [1.54, 1.807) is 24.1 Å². The van der Waals surface area contributed by atoms with E-state index in [1.807, 2.05) is 33.2 Å². The number of benzene rings is 1. The van der Waals surface area contributed by atoms with Crippen molar-refractivity contribution >= 4 is 48.0 Å². The van der Waals surface area contributed by atoms with Crippen LogP contribution in [-0.4, -0.2) is 121 Å². The molecule has 0 radical (unpaired) electrons. The number of amides is 1. The highest BCUT2D eigenvalue weighted by atomic mass is 16.5. The Bertz CT molecular complexity index is 1360. The van der Waals surface area contributed by atoms with Gasteiger partial charge in [0, 0.05) is 37.8 Å². The van der Waals surface area contributed by atoms with Crippen molar-refractivity contribution in [1.29, 1.82) is 0 Å². The van der Waals surface area contributed by atoms with Gasteiger partial charge in [-0.3, -0.25) is 28.9 Å². The Hall–Kier alpha value is -4.79. The number of likely N-dealkylation sites (N-methyl/N-ethyl adjacent to an activating group) is 2. The molecule has 0 aliphatic heterocycles. The molecule has 1 heterocycles. The Morgan fingerprint density at radius 1 is 0.894 bits per heavy atom. The van der Waals surface area contributed by atoms with Crippen LogP contribution in [0.25, 0.3) is 11.0 Å². The fraction of sp³-hybridized carbons (Fsp3) is 0.424. The Labute approximate surface area is 273 Å². The molecule has 0 spiro atoms. The largest absolute Gasteiger partial charge is 0.491 e. The van der Waals surface area contributed by atoms with E-state index in [0.29, 0.717) is 62.9 Å². The third kappa shape index (κ3) is 19.4. The standard InChI is InChI=1S/C22H31NO7.C7H9NO3.C4H4O2/c1-5-22(14-26-4,16-29-21(25)13-23(2)3)15-27-10-11-28-18-8-6-17-7-9-20(24)30-19(17)12-18;1-8(4-6-10)7(11)3-2-5-9;5-3-1-2-4-6/h6-9,12H,5,10-11,13-16H2,1-4H3;2-3,5-6H,4H2,1H3;1-4H/b;3-2-;2-1-. The predicted molar refractivity (Wildman–Crippen MR) is 173 cm³/mol. The number of aldehydes is 4. The first-order chi connectivity index (χ1) is 22.5. The molecule has 1 unspecified atom stereocenters. The first kappa shape index (κ1) is 42.2. The second kappa shape index (κ2) is 25.4. The highest BCUT2D eigenvalue weighted by Gasteiger charge is 2.31. The van der Waals surface area contributed by atoms with Crippen molar-refractivity contribution < 1.29 is 52.1 Å². The third-order valence-electron chi connectivity index (χ3n) is 5.99. The van der Waals surface area contributed by atoms with Gasteiger partial charge in [0.2, 0.25) is 5.91 Å². The summed E-state index contributed by atoms with van der Waals surface area (Å²) in [7, 11) is 6.73. The average molecular weight is 661 g/mol. The summed E-state index contributed by atoms with van der Waals surface area (Å²) in [6, 6.07) is 8.42. The lowest BCUT2D eigenvalue weighted by Crippen LogP contribution is -2.38. The smallest absolute Gasteiger partial charge is 0.336 e. The highest BCUT2D eigenvalue weighted by molar-refractivity contribution is 5.91. The van der Waals surface area contributed by atoms with Crippen LogP contribution in [0.4, 0.5) is 0 Å². The van der Waals surface area contributed by atoms with E-state index >= 15 is 0 Å². The molecule has 0 bridgehead atoms. The number of allylic oxidation sites excluding steroid dienone is 3. The van der Waals surface area contributed by atoms with Crippen LogP contribution in [-0.2, 0) is 43.0 Å². The van der Waals surface area contributed by atoms with Gasteiger partial charge < -0.3 is 33.1 Å². The van der Waals surface area contributed by atoms with E-state index in [-0.39, 0.29) is 31.6 Å². The van der Waals surface area contributed by atoms with E-state index in [1.165, 1.54) is 18.0 Å². The van der Waals surface area contributed by atoms with Crippen molar-refractivity contribution in [2.75, 3.05) is 74.4 Å². The highest BCUT2D eigenvalue weighted by Crippen LogP contribution is 2.24. The molecule has 0 saturated carbocycles. The first-order valence-corrected chi connectivity index (χ1v) is 14.4. The van der Waals surface area contributed by atoms with E-state index in [2.05, 4.69) is 0 Å². The van der Waals surface area contributed by atoms with E-state index in [4.69, 9.17) is 23.4 Å². The minimum absolute atomic E-state index is 0.0437. The summed E-state index contributed by atoms with van der Waals surface area (Å²) in [5.41, 5.74) is -0.336. The molecule has 47 heavy (non-hydrogen) atoms. The Kier molecular flexibility index (Phi) is 22.8. The summed E-state index contributed by atoms with van der Waals surface area (Å²) in [6.45, 7) is 4.00. The number of methoxy groups -OCH3 is 1. The zero-order chi connectivity index (χ0) is 35.5. The summed E-state index contributed by atoms with van der Waals surface area (Å²) in [5, 5.41) is 0.828. The van der Waals surface area contributed by atoms with Crippen LogP contribution in [0.15, 0.2) is 63.8 Å². The van der Waals surface area contributed by atoms with Crippen LogP contribution in [0.3, 0.4) is 0 Å². The molecule has 0 N–H and O–H groups in total. The summed E-state index contributed by atoms with van der Waals surface area (Å²) >= 11 is 0. The molecule has 2 aromatic rings. The third-order valence-corrected chi connectivity index (χ3v) is 5.99. The summed E-state index contributed by atoms with van der Waals surface area (Å²) in [6.07, 6.45) is 7.42. The maximum absolute atomic E-state index is 11.9. The molecule has 0 aliphatic carbocycles. The molecule has 14 nitrogen and oxygen atoms in total. The molecule has 258 valence electrons. The number of esters is 1. The van der Waals surface area contributed by atoms with Crippen LogP contribution in [0.1, 0.15) is 13.3 Å². The zero-order valence-corrected chi connectivity index (χ0v) is 27.5. The fourth-order valence-corrected chi connectivity index (χ4v) is 3.45. The molecule has 1 atom stereocenters. The lowest BCUT2D eigenvalue weighted by Gasteiger charge is -2.31. The molecule has 1 amide bonds. The maximum Gasteiger partial charge on any atom is 0.336 e. The minimum Gasteiger partial charge on any atom is -0.491 e. The second-order valence-corrected chi connectivity index (χ2v) is 10.1. The molecule has 0 aliphatic rings. The van der Waals surface area contributed by atoms with Gasteiger partial charge in [0.15, 0.2) is 0 Å². The summed E-state index contributed by atoms with van der Waals surface area (Å²) < 4.78 is 27.4. The number of carbonyl (C=O) groups excluding carboxylic acids is 6. The average Bonchev–Trinajstić information content (AvgIpc) is 3.05. The van der Waals surface area contributed by atoms with Crippen molar-refractivity contribution in [3.63, 3.8) is 0 Å². The lowest BCUT2D eigenvalue weighted by molar-refractivity contribution is -0.152. The number of carbonyl (C=O) groups is 6. The predicted octanol–water partition coefficient (Wildman–Crippen LogP) is 1.68. The van der Waals surface area contributed by atoms with Gasteiger partial charge in [-0.25, -0.2) is 4.79 Å². The fourth-order valence-electron chi connectivity index (χ4n) is 3.45. The van der Waals surface area contributed by atoms with Gasteiger partial charge in [0.25, 0.3) is 0 Å². The molecule has 0 saturated heterocycles. The van der Waals surface area contributed by atoms with Gasteiger partial charge >= 0.3 is 11.6 Å². The lowest BCUT2D eigenvalue weighted by atomic mass is 9.88. The quantitative estimate of drug-likeness (QED) is 0.0700. The van der Waals surface area contributed by atoms with Crippen LogP contribution in [0.5, 0.6) is 5.75 Å². The Morgan fingerprint density at radius 3 is 2.13 bits per heavy atom. The van der Waals surface area contributed by atoms with Gasteiger partial charge in [0.05, 0.1) is 38.3 Å². The zero-order valence-electron chi connectivity index (χ0n) is 27.5. The first-order valence-electron chi connectivity index (χ1n) is 14.4. The molecule has 2 rings (SSSR count). The van der Waals surface area contributed by atoms with E-state index in [9.17, 15) is 33.6 Å². The van der Waals surface area contributed by atoms with Crippen molar-refractivity contribution in [3.8, 4) is 5.75 Å². The molecular weight excluding hydrogens is 616 g/mol. The Morgan fingerprint density at radius 2 is 1.55 bits per heavy atom. The van der Waals surface area contributed by atoms with Gasteiger partial charge in [-0.15, -0.1) is 0 Å². The Balaban J connectivity index is 0.00000102. The monoisotopic (exact) mass is 660 g/mol. The molecular formula is C33H44N2O12. The van der Waals surface area contributed by atoms with Crippen LogP contribution < -0.4 is 10.4 Å². The van der Waals surface area contributed by atoms with Crippen molar-refractivity contribution in [3.05, 3.63) is 65.1 Å². The second-order valence-electron chi connectivity index (χ2n) is 10.1. The maximum atomic E-state index is 11.9. The number of ether oxygens (including phenoxy) is 4. The molecule has 1 aromatic heterocycles. The van der Waals surface area contributed by atoms with E-state index < -0.39 is 11.0 Å². The number of hydrogen-bond donors (Lipinski definition) is 0. The molecule has 14 heteroatoms. The SMILES string of the molecule is CCC(COC)(COCCOc1ccc2ccc(=O)oc2c1)COC(=O)CN(C)C.CN(CC=O)C(=O)/C=C\C=O.O=C/C=C\C=O. The van der Waals surface area contributed by atoms with Crippen LogP contribution >= 0.6 is 0 Å². The van der Waals surface area contributed by atoms with Crippen molar-refractivity contribution in [1.82, 2.24) is 9.80 Å². The van der Waals surface area contributed by atoms with Crippen LogP contribution in [0.2, 0.25) is 0 Å². The van der Waals surface area contributed by atoms with Crippen LogP contribution in [0, 0.1) is 5.41 Å². The summed E-state index contributed by atoms with van der Waals surface area (Å²) in [5.74, 6) is -0.0406.